The van der Waals surface area contributed by atoms with Gasteiger partial charge in [0.1, 0.15) is 11.5 Å². The summed E-state index contributed by atoms with van der Waals surface area (Å²) >= 11 is 0. The molecule has 31 heavy (non-hydrogen) atoms. The lowest BCUT2D eigenvalue weighted by molar-refractivity contribution is 0.282. The monoisotopic (exact) mass is 425 g/mol. The molecular formula is C24H35N5O2. The van der Waals surface area contributed by atoms with E-state index in [4.69, 9.17) is 9.47 Å². The summed E-state index contributed by atoms with van der Waals surface area (Å²) in [6.45, 7) is 5.22. The maximum absolute atomic E-state index is 5.79. The number of aliphatic imine (C=N–C) groups is 1. The predicted octanol–water partition coefficient (Wildman–Crippen LogP) is 3.81. The first kappa shape index (κ1) is 22.9. The molecule has 0 saturated carbocycles. The third-order valence-corrected chi connectivity index (χ3v) is 5.39. The van der Waals surface area contributed by atoms with E-state index in [9.17, 15) is 0 Å². The highest BCUT2D eigenvalue weighted by molar-refractivity contribution is 5.79. The van der Waals surface area contributed by atoms with Crippen molar-refractivity contribution in [1.82, 2.24) is 20.5 Å². The van der Waals surface area contributed by atoms with Crippen LogP contribution in [0.2, 0.25) is 0 Å². The Hall–Kier alpha value is -2.80. The highest BCUT2D eigenvalue weighted by atomic mass is 16.5. The average Bonchev–Trinajstić information content (AvgIpc) is 3.08. The Morgan fingerprint density at radius 3 is 2.58 bits per heavy atom. The number of methoxy groups -OCH3 is 1. The van der Waals surface area contributed by atoms with E-state index in [-0.39, 0.29) is 0 Å². The van der Waals surface area contributed by atoms with Gasteiger partial charge in [-0.15, -0.1) is 0 Å². The molecule has 1 fully saturated rings. The Balaban J connectivity index is 1.37. The minimum atomic E-state index is 0.549. The number of ether oxygens (including phenoxy) is 2. The smallest absolute Gasteiger partial charge is 0.219 e. The maximum Gasteiger partial charge on any atom is 0.219 e. The molecule has 0 spiro atoms. The van der Waals surface area contributed by atoms with E-state index in [2.05, 4.69) is 25.5 Å². The molecule has 0 unspecified atom stereocenters. The highest BCUT2D eigenvalue weighted by Crippen LogP contribution is 2.23. The van der Waals surface area contributed by atoms with Gasteiger partial charge in [-0.2, -0.15) is 0 Å². The average molecular weight is 426 g/mol. The van der Waals surface area contributed by atoms with Gasteiger partial charge in [0, 0.05) is 38.5 Å². The largest absolute Gasteiger partial charge is 0.497 e. The molecule has 1 aromatic carbocycles. The van der Waals surface area contributed by atoms with Crippen LogP contribution in [0.4, 0.5) is 0 Å². The maximum atomic E-state index is 5.79. The van der Waals surface area contributed by atoms with Crippen molar-refractivity contribution < 1.29 is 9.47 Å². The Bertz CT molecular complexity index is 802. The summed E-state index contributed by atoms with van der Waals surface area (Å²) in [4.78, 5) is 11.3. The van der Waals surface area contributed by atoms with Crippen molar-refractivity contribution in [2.45, 2.75) is 38.6 Å². The Kier molecular flexibility index (Phi) is 9.44. The van der Waals surface area contributed by atoms with Crippen molar-refractivity contribution in [3.63, 3.8) is 0 Å². The van der Waals surface area contributed by atoms with Gasteiger partial charge in [-0.3, -0.25) is 4.99 Å². The van der Waals surface area contributed by atoms with Crippen LogP contribution in [0.1, 0.15) is 37.7 Å². The van der Waals surface area contributed by atoms with E-state index in [1.807, 2.05) is 42.6 Å². The zero-order valence-electron chi connectivity index (χ0n) is 18.8. The number of nitrogens with zero attached hydrogens (tertiary/aromatic N) is 3. The summed E-state index contributed by atoms with van der Waals surface area (Å²) in [5.74, 6) is 2.81. The second-order valence-electron chi connectivity index (χ2n) is 7.75. The normalized spacial score (nSPS) is 15.2. The van der Waals surface area contributed by atoms with Crippen LogP contribution in [0.25, 0.3) is 0 Å². The van der Waals surface area contributed by atoms with Crippen molar-refractivity contribution in [2.75, 3.05) is 40.3 Å². The predicted molar refractivity (Wildman–Crippen MR) is 125 cm³/mol. The van der Waals surface area contributed by atoms with Gasteiger partial charge in [0.2, 0.25) is 5.88 Å². The highest BCUT2D eigenvalue weighted by Gasteiger charge is 2.08. The fraction of sp³-hybridized carbons (Fsp3) is 0.500. The molecule has 2 heterocycles. The van der Waals surface area contributed by atoms with Crippen molar-refractivity contribution in [3.05, 3.63) is 48.2 Å². The fourth-order valence-electron chi connectivity index (χ4n) is 3.64. The molecule has 1 aliphatic rings. The van der Waals surface area contributed by atoms with Crippen LogP contribution in [0.15, 0.2) is 47.6 Å². The van der Waals surface area contributed by atoms with Gasteiger partial charge in [-0.25, -0.2) is 4.98 Å². The second-order valence-corrected chi connectivity index (χ2v) is 7.75. The zero-order valence-corrected chi connectivity index (χ0v) is 18.8. The minimum Gasteiger partial charge on any atom is -0.497 e. The van der Waals surface area contributed by atoms with E-state index < -0.39 is 0 Å². The third kappa shape index (κ3) is 8.09. The van der Waals surface area contributed by atoms with E-state index in [1.165, 1.54) is 38.8 Å². The molecule has 0 bridgehead atoms. The molecule has 0 amide bonds. The van der Waals surface area contributed by atoms with E-state index in [0.717, 1.165) is 36.8 Å². The molecule has 7 heteroatoms. The van der Waals surface area contributed by atoms with Crippen LogP contribution in [-0.4, -0.2) is 56.2 Å². The summed E-state index contributed by atoms with van der Waals surface area (Å²) in [6.07, 6.45) is 8.39. The van der Waals surface area contributed by atoms with E-state index in [0.29, 0.717) is 18.2 Å². The summed E-state index contributed by atoms with van der Waals surface area (Å²) in [7, 11) is 3.44. The quantitative estimate of drug-likeness (QED) is 0.362. The molecule has 1 aromatic heterocycles. The molecule has 2 aromatic rings. The second kappa shape index (κ2) is 12.8. The number of hydrogen-bond donors (Lipinski definition) is 2. The van der Waals surface area contributed by atoms with Crippen molar-refractivity contribution in [1.29, 1.82) is 0 Å². The molecule has 168 valence electrons. The summed E-state index contributed by atoms with van der Waals surface area (Å²) < 4.78 is 11.0. The van der Waals surface area contributed by atoms with E-state index in [1.54, 1.807) is 14.2 Å². The molecule has 0 atom stereocenters. The summed E-state index contributed by atoms with van der Waals surface area (Å²) in [6, 6.07) is 11.3. The van der Waals surface area contributed by atoms with E-state index >= 15 is 0 Å². The van der Waals surface area contributed by atoms with Crippen molar-refractivity contribution in [3.8, 4) is 17.4 Å². The van der Waals surface area contributed by atoms with Crippen molar-refractivity contribution >= 4 is 5.96 Å². The lowest BCUT2D eigenvalue weighted by Gasteiger charge is -2.20. The van der Waals surface area contributed by atoms with Gasteiger partial charge in [0.15, 0.2) is 5.96 Å². The third-order valence-electron chi connectivity index (χ3n) is 5.39. The summed E-state index contributed by atoms with van der Waals surface area (Å²) in [5, 5.41) is 6.75. The number of pyridine rings is 1. The lowest BCUT2D eigenvalue weighted by Crippen LogP contribution is -2.38. The van der Waals surface area contributed by atoms with Gasteiger partial charge >= 0.3 is 0 Å². The number of aromatic nitrogens is 1. The number of guanidine groups is 1. The molecule has 0 radical (unpaired) electrons. The number of benzene rings is 1. The van der Waals surface area contributed by atoms with Crippen LogP contribution >= 0.6 is 0 Å². The molecule has 2 N–H and O–H groups in total. The van der Waals surface area contributed by atoms with Crippen LogP contribution in [0, 0.1) is 0 Å². The molecular weight excluding hydrogens is 390 g/mol. The fourth-order valence-corrected chi connectivity index (χ4v) is 3.64. The zero-order chi connectivity index (χ0) is 21.7. The topological polar surface area (TPSA) is 71.0 Å². The minimum absolute atomic E-state index is 0.549. The molecule has 3 rings (SSSR count). The standard InChI is InChI=1S/C24H35N5O2/c1-25-24(26-13-8-16-29-14-5-3-4-6-15-29)28-19-20-11-12-23(27-18-20)31-22-10-7-9-21(17-22)30-2/h7,9-12,17-18H,3-6,8,13-16,19H2,1-2H3,(H2,25,26,28). The Morgan fingerprint density at radius 1 is 1.06 bits per heavy atom. The summed E-state index contributed by atoms with van der Waals surface area (Å²) in [5.41, 5.74) is 1.06. The number of likely N-dealkylation sites (tertiary alicyclic amines) is 1. The first-order valence-corrected chi connectivity index (χ1v) is 11.2. The van der Waals surface area contributed by atoms with Gasteiger partial charge in [-0.05, 0) is 56.6 Å². The number of hydrogen-bond acceptors (Lipinski definition) is 5. The van der Waals surface area contributed by atoms with Crippen LogP contribution in [-0.2, 0) is 6.54 Å². The van der Waals surface area contributed by atoms with Gasteiger partial charge in [-0.1, -0.05) is 25.0 Å². The van der Waals surface area contributed by atoms with Gasteiger partial charge in [0.25, 0.3) is 0 Å². The van der Waals surface area contributed by atoms with Crippen LogP contribution in [0.5, 0.6) is 17.4 Å². The molecule has 1 aliphatic heterocycles. The first-order valence-electron chi connectivity index (χ1n) is 11.2. The number of rotatable bonds is 9. The molecule has 0 aliphatic carbocycles. The number of nitrogens with one attached hydrogen (secondary N) is 2. The Morgan fingerprint density at radius 2 is 1.87 bits per heavy atom. The van der Waals surface area contributed by atoms with Gasteiger partial charge < -0.3 is 25.0 Å². The molecule has 7 nitrogen and oxygen atoms in total. The van der Waals surface area contributed by atoms with Crippen LogP contribution < -0.4 is 20.1 Å². The van der Waals surface area contributed by atoms with Gasteiger partial charge in [0.05, 0.1) is 7.11 Å². The first-order chi connectivity index (χ1) is 15.3. The van der Waals surface area contributed by atoms with Crippen molar-refractivity contribution in [2.24, 2.45) is 4.99 Å². The SMILES string of the molecule is CN=C(NCCCN1CCCCCC1)NCc1ccc(Oc2cccc(OC)c2)nc1. The lowest BCUT2D eigenvalue weighted by atomic mass is 10.2. The van der Waals surface area contributed by atoms with Crippen LogP contribution in [0.3, 0.4) is 0 Å². The Labute approximate surface area is 185 Å². The molecule has 1 saturated heterocycles.